The summed E-state index contributed by atoms with van der Waals surface area (Å²) in [6, 6.07) is 4.00. The van der Waals surface area contributed by atoms with Crippen molar-refractivity contribution in [2.45, 2.75) is 31.1 Å². The summed E-state index contributed by atoms with van der Waals surface area (Å²) in [4.78, 5) is 10.8. The van der Waals surface area contributed by atoms with Crippen LogP contribution in [0.5, 0.6) is 5.75 Å². The molecule has 0 radical (unpaired) electrons. The lowest BCUT2D eigenvalue weighted by atomic mass is 10.1. The van der Waals surface area contributed by atoms with E-state index in [1.54, 1.807) is 0 Å². The van der Waals surface area contributed by atoms with Crippen LogP contribution < -0.4 is 4.72 Å². The molecule has 0 heterocycles. The van der Waals surface area contributed by atoms with Crippen molar-refractivity contribution in [3.8, 4) is 11.8 Å². The normalized spacial score (nSPS) is 11.0. The first-order valence-corrected chi connectivity index (χ1v) is 7.71. The first-order chi connectivity index (χ1) is 9.79. The van der Waals surface area contributed by atoms with Gasteiger partial charge in [-0.3, -0.25) is 0 Å². The molecule has 0 saturated heterocycles. The molecule has 0 aliphatic heterocycles. The van der Waals surface area contributed by atoms with Gasteiger partial charge in [0, 0.05) is 13.0 Å². The molecule has 0 saturated carbocycles. The van der Waals surface area contributed by atoms with E-state index in [4.69, 9.17) is 10.4 Å². The first kappa shape index (κ1) is 16.9. The van der Waals surface area contributed by atoms with E-state index >= 15 is 0 Å². The molecule has 0 unspecified atom stereocenters. The summed E-state index contributed by atoms with van der Waals surface area (Å²) < 4.78 is 26.6. The third-order valence-electron chi connectivity index (χ3n) is 2.82. The van der Waals surface area contributed by atoms with E-state index in [0.29, 0.717) is 19.3 Å². The number of benzene rings is 1. The van der Waals surface area contributed by atoms with E-state index in [2.05, 4.69) is 4.72 Å². The van der Waals surface area contributed by atoms with Gasteiger partial charge < -0.3 is 10.2 Å². The molecule has 1 aromatic carbocycles. The predicted octanol–water partition coefficient (Wildman–Crippen LogP) is 1.37. The molecule has 1 aromatic rings. The van der Waals surface area contributed by atoms with Crippen LogP contribution in [0, 0.1) is 18.3 Å². The molecule has 21 heavy (non-hydrogen) atoms. The lowest BCUT2D eigenvalue weighted by Gasteiger charge is -2.11. The largest absolute Gasteiger partial charge is 0.507 e. The summed E-state index contributed by atoms with van der Waals surface area (Å²) in [6.07, 6.45) is 1.44. The van der Waals surface area contributed by atoms with Crippen molar-refractivity contribution < 1.29 is 23.4 Å². The average Bonchev–Trinajstić information content (AvgIpc) is 2.37. The van der Waals surface area contributed by atoms with E-state index in [-0.39, 0.29) is 17.0 Å². The van der Waals surface area contributed by atoms with Gasteiger partial charge in [-0.05, 0) is 37.5 Å². The zero-order chi connectivity index (χ0) is 16.0. The van der Waals surface area contributed by atoms with Crippen LogP contribution in [0.2, 0.25) is 0 Å². The molecular formula is C13H16N2O5S. The average molecular weight is 312 g/mol. The van der Waals surface area contributed by atoms with Crippen molar-refractivity contribution >= 4 is 16.0 Å². The maximum atomic E-state index is 12.1. The van der Waals surface area contributed by atoms with Crippen LogP contribution in [-0.2, 0) is 10.0 Å². The van der Waals surface area contributed by atoms with Crippen LogP contribution >= 0.6 is 0 Å². The molecule has 0 atom stereocenters. The second kappa shape index (κ2) is 7.06. The number of nitrogens with one attached hydrogen (secondary N) is 1. The molecule has 0 bridgehead atoms. The number of phenols is 1. The van der Waals surface area contributed by atoms with E-state index in [1.165, 1.54) is 6.92 Å². The molecule has 0 fully saturated rings. The maximum Gasteiger partial charge on any atom is 0.339 e. The summed E-state index contributed by atoms with van der Waals surface area (Å²) in [7, 11) is -3.86. The van der Waals surface area contributed by atoms with Crippen LogP contribution in [0.25, 0.3) is 0 Å². The Hall–Kier alpha value is -2.11. The van der Waals surface area contributed by atoms with Crippen LogP contribution in [0.4, 0.5) is 0 Å². The Morgan fingerprint density at radius 2 is 2.05 bits per heavy atom. The van der Waals surface area contributed by atoms with Gasteiger partial charge in [-0.1, -0.05) is 0 Å². The van der Waals surface area contributed by atoms with Gasteiger partial charge >= 0.3 is 5.97 Å². The van der Waals surface area contributed by atoms with E-state index < -0.39 is 27.3 Å². The Bertz CT molecular complexity index is 677. The van der Waals surface area contributed by atoms with Gasteiger partial charge in [-0.2, -0.15) is 5.26 Å². The quantitative estimate of drug-likeness (QED) is 0.652. The zero-order valence-corrected chi connectivity index (χ0v) is 12.3. The van der Waals surface area contributed by atoms with Gasteiger partial charge in [0.2, 0.25) is 10.0 Å². The maximum absolute atomic E-state index is 12.1. The summed E-state index contributed by atoms with van der Waals surface area (Å²) in [5, 5.41) is 26.8. The van der Waals surface area contributed by atoms with E-state index in [1.807, 2.05) is 6.07 Å². The Balaban J connectivity index is 2.95. The SMILES string of the molecule is Cc1cc(O)c(C(=O)O)cc1S(=O)(=O)NCCCCC#N. The summed E-state index contributed by atoms with van der Waals surface area (Å²) in [6.45, 7) is 1.63. The number of rotatable bonds is 7. The monoisotopic (exact) mass is 312 g/mol. The Kier molecular flexibility index (Phi) is 5.69. The van der Waals surface area contributed by atoms with Gasteiger partial charge in [0.1, 0.15) is 11.3 Å². The smallest absolute Gasteiger partial charge is 0.339 e. The van der Waals surface area contributed by atoms with Crippen molar-refractivity contribution in [1.82, 2.24) is 4.72 Å². The number of carboxylic acids is 1. The topological polar surface area (TPSA) is 127 Å². The number of nitrogens with zero attached hydrogens (tertiary/aromatic N) is 1. The first-order valence-electron chi connectivity index (χ1n) is 6.23. The molecule has 3 N–H and O–H groups in total. The fraction of sp³-hybridized carbons (Fsp3) is 0.385. The van der Waals surface area contributed by atoms with Crippen molar-refractivity contribution in [2.75, 3.05) is 6.54 Å². The molecule has 0 aliphatic rings. The minimum atomic E-state index is -3.86. The number of nitriles is 1. The predicted molar refractivity (Wildman–Crippen MR) is 74.5 cm³/mol. The highest BCUT2D eigenvalue weighted by Crippen LogP contribution is 2.25. The van der Waals surface area contributed by atoms with Crippen LogP contribution in [-0.4, -0.2) is 31.1 Å². The number of aromatic hydroxyl groups is 1. The Morgan fingerprint density at radius 1 is 1.38 bits per heavy atom. The van der Waals surface area contributed by atoms with Crippen LogP contribution in [0.15, 0.2) is 17.0 Å². The summed E-state index contributed by atoms with van der Waals surface area (Å²) >= 11 is 0. The third-order valence-corrected chi connectivity index (χ3v) is 4.42. The van der Waals surface area contributed by atoms with Crippen LogP contribution in [0.3, 0.4) is 0 Å². The molecule has 7 nitrogen and oxygen atoms in total. The lowest BCUT2D eigenvalue weighted by molar-refractivity contribution is 0.0693. The summed E-state index contributed by atoms with van der Waals surface area (Å²) in [5.41, 5.74) is -0.215. The van der Waals surface area contributed by atoms with Crippen molar-refractivity contribution in [1.29, 1.82) is 5.26 Å². The molecule has 114 valence electrons. The van der Waals surface area contributed by atoms with Crippen molar-refractivity contribution in [3.05, 3.63) is 23.3 Å². The highest BCUT2D eigenvalue weighted by atomic mass is 32.2. The molecule has 0 amide bonds. The zero-order valence-electron chi connectivity index (χ0n) is 11.5. The van der Waals surface area contributed by atoms with E-state index in [0.717, 1.165) is 12.1 Å². The number of hydrogen-bond donors (Lipinski definition) is 3. The fourth-order valence-electron chi connectivity index (χ4n) is 1.75. The molecule has 1 rings (SSSR count). The number of carbonyl (C=O) groups is 1. The van der Waals surface area contributed by atoms with Gasteiger partial charge in [0.05, 0.1) is 11.0 Å². The molecule has 8 heteroatoms. The fourth-order valence-corrected chi connectivity index (χ4v) is 3.07. The van der Waals surface area contributed by atoms with Crippen molar-refractivity contribution in [3.63, 3.8) is 0 Å². The number of carboxylic acid groups (broad SMARTS) is 1. The second-order valence-electron chi connectivity index (χ2n) is 4.45. The number of hydrogen-bond acceptors (Lipinski definition) is 5. The van der Waals surface area contributed by atoms with Gasteiger partial charge in [0.15, 0.2) is 0 Å². The molecule has 0 aliphatic carbocycles. The highest BCUT2D eigenvalue weighted by Gasteiger charge is 2.21. The Labute approximate surface area is 122 Å². The van der Waals surface area contributed by atoms with Gasteiger partial charge in [0.25, 0.3) is 0 Å². The standard InChI is InChI=1S/C13H16N2O5S/c1-9-7-11(16)10(13(17)18)8-12(9)21(19,20)15-6-4-2-3-5-14/h7-8,15-16H,2-4,6H2,1H3,(H,17,18). The molecule has 0 spiro atoms. The molecular weight excluding hydrogens is 296 g/mol. The van der Waals surface area contributed by atoms with E-state index in [9.17, 15) is 18.3 Å². The minimum Gasteiger partial charge on any atom is -0.507 e. The lowest BCUT2D eigenvalue weighted by Crippen LogP contribution is -2.25. The number of aromatic carboxylic acids is 1. The number of unbranched alkanes of at least 4 members (excludes halogenated alkanes) is 2. The minimum absolute atomic E-state index is 0.159. The number of sulfonamides is 1. The number of aryl methyl sites for hydroxylation is 1. The van der Waals surface area contributed by atoms with Crippen molar-refractivity contribution in [2.24, 2.45) is 0 Å². The highest BCUT2D eigenvalue weighted by molar-refractivity contribution is 7.89. The van der Waals surface area contributed by atoms with Gasteiger partial charge in [-0.25, -0.2) is 17.9 Å². The summed E-state index contributed by atoms with van der Waals surface area (Å²) in [5.74, 6) is -1.88. The Morgan fingerprint density at radius 3 is 2.62 bits per heavy atom. The third kappa shape index (κ3) is 4.44. The molecule has 0 aromatic heterocycles. The van der Waals surface area contributed by atoms with Crippen LogP contribution in [0.1, 0.15) is 35.2 Å². The second-order valence-corrected chi connectivity index (χ2v) is 6.19. The van der Waals surface area contributed by atoms with Gasteiger partial charge in [-0.15, -0.1) is 0 Å².